The fourth-order valence-electron chi connectivity index (χ4n) is 3.62. The van der Waals surface area contributed by atoms with Crippen LogP contribution in [-0.2, 0) is 28.8 Å². The van der Waals surface area contributed by atoms with Gasteiger partial charge in [-0.05, 0) is 32.1 Å². The lowest BCUT2D eigenvalue weighted by Gasteiger charge is -2.29. The molecule has 16 heteroatoms. The van der Waals surface area contributed by atoms with Crippen molar-refractivity contribution in [3.05, 3.63) is 0 Å². The van der Waals surface area contributed by atoms with E-state index in [1.165, 1.54) is 0 Å². The van der Waals surface area contributed by atoms with Crippen molar-refractivity contribution in [2.45, 2.75) is 69.1 Å². The molecule has 0 bridgehead atoms. The van der Waals surface area contributed by atoms with E-state index in [9.17, 15) is 39.0 Å². The maximum Gasteiger partial charge on any atom is 0.326 e. The Morgan fingerprint density at radius 1 is 1.00 bits per heavy atom. The number of rotatable bonds is 15. The van der Waals surface area contributed by atoms with Gasteiger partial charge in [-0.2, -0.15) is 0 Å². The Bertz CT molecular complexity index is 876. The van der Waals surface area contributed by atoms with Crippen LogP contribution in [0.25, 0.3) is 0 Å². The quantitative estimate of drug-likeness (QED) is 0.0594. The van der Waals surface area contributed by atoms with Crippen molar-refractivity contribution in [2.24, 2.45) is 27.9 Å². The van der Waals surface area contributed by atoms with E-state index in [0.717, 1.165) is 4.90 Å². The average Bonchev–Trinajstić information content (AvgIpc) is 3.27. The van der Waals surface area contributed by atoms with E-state index in [0.29, 0.717) is 12.8 Å². The molecule has 0 aromatic heterocycles. The van der Waals surface area contributed by atoms with Crippen LogP contribution in [0.2, 0.25) is 0 Å². The summed E-state index contributed by atoms with van der Waals surface area (Å²) in [6.45, 7) is 0.314. The molecule has 1 aliphatic rings. The minimum absolute atomic E-state index is 0.0898. The third kappa shape index (κ3) is 10.1. The highest BCUT2D eigenvalue weighted by atomic mass is 16.4. The lowest BCUT2D eigenvalue weighted by Crippen LogP contribution is -2.57. The van der Waals surface area contributed by atoms with Crippen molar-refractivity contribution in [2.75, 3.05) is 13.1 Å². The van der Waals surface area contributed by atoms with Gasteiger partial charge in [-0.25, -0.2) is 4.79 Å². The third-order valence-corrected chi connectivity index (χ3v) is 5.43. The number of aliphatic carboxylic acids is 2. The summed E-state index contributed by atoms with van der Waals surface area (Å²) in [4.78, 5) is 77.0. The van der Waals surface area contributed by atoms with E-state index < -0.39 is 66.2 Å². The molecule has 1 saturated heterocycles. The van der Waals surface area contributed by atoms with Gasteiger partial charge in [-0.1, -0.05) is 0 Å². The molecular weight excluding hydrogens is 480 g/mol. The summed E-state index contributed by atoms with van der Waals surface area (Å²) in [7, 11) is 0. The molecule has 4 amide bonds. The van der Waals surface area contributed by atoms with Crippen LogP contribution in [0, 0.1) is 0 Å². The largest absolute Gasteiger partial charge is 0.481 e. The Hall–Kier alpha value is -3.95. The van der Waals surface area contributed by atoms with Gasteiger partial charge in [0.15, 0.2) is 5.96 Å². The fourth-order valence-corrected chi connectivity index (χ4v) is 3.62. The number of carbonyl (C=O) groups excluding carboxylic acids is 4. The summed E-state index contributed by atoms with van der Waals surface area (Å²) < 4.78 is 0. The second kappa shape index (κ2) is 14.4. The van der Waals surface area contributed by atoms with E-state index in [1.54, 1.807) is 0 Å². The van der Waals surface area contributed by atoms with E-state index in [2.05, 4.69) is 15.6 Å². The van der Waals surface area contributed by atoms with Gasteiger partial charge in [0.25, 0.3) is 0 Å². The molecule has 1 fully saturated rings. The zero-order valence-corrected chi connectivity index (χ0v) is 19.7. The minimum atomic E-state index is -1.50. The van der Waals surface area contributed by atoms with Gasteiger partial charge >= 0.3 is 11.9 Å². The second-order valence-electron chi connectivity index (χ2n) is 8.31. The smallest absolute Gasteiger partial charge is 0.326 e. The maximum atomic E-state index is 13.1. The molecule has 4 atom stereocenters. The normalized spacial score (nSPS) is 17.4. The molecule has 4 unspecified atom stereocenters. The number of carbonyl (C=O) groups is 6. The summed E-state index contributed by atoms with van der Waals surface area (Å²) in [5, 5.41) is 23.2. The number of hydrogen-bond donors (Lipinski definition) is 8. The standard InChI is InChI=1S/C20H34N8O8/c21-10(3-1-7-25-20(23)24)16(32)27-12(9-15(30)31)18(34)28-8-2-4-13(28)17(33)26-11(19(35)36)5-6-14(22)29/h10-13H,1-9,21H2,(H2,22,29)(H,26,33)(H,27,32)(H,30,31)(H,35,36)(H4,23,24,25). The second-order valence-corrected chi connectivity index (χ2v) is 8.31. The number of carboxylic acids is 2. The van der Waals surface area contributed by atoms with Gasteiger partial charge in [0.1, 0.15) is 18.1 Å². The van der Waals surface area contributed by atoms with Gasteiger partial charge in [0.2, 0.25) is 23.6 Å². The molecule has 0 aromatic carbocycles. The third-order valence-electron chi connectivity index (χ3n) is 5.43. The zero-order valence-electron chi connectivity index (χ0n) is 19.7. The Balaban J connectivity index is 2.88. The molecule has 16 nitrogen and oxygen atoms in total. The monoisotopic (exact) mass is 514 g/mol. The van der Waals surface area contributed by atoms with Crippen LogP contribution < -0.4 is 33.6 Å². The maximum absolute atomic E-state index is 13.1. The van der Waals surface area contributed by atoms with E-state index >= 15 is 0 Å². The van der Waals surface area contributed by atoms with Crippen LogP contribution in [-0.4, -0.2) is 93.9 Å². The number of aliphatic imine (C=N–C) groups is 1. The fraction of sp³-hybridized carbons (Fsp3) is 0.650. The number of nitrogens with one attached hydrogen (secondary N) is 2. The Kier molecular flexibility index (Phi) is 12.1. The van der Waals surface area contributed by atoms with Crippen molar-refractivity contribution in [3.63, 3.8) is 0 Å². The van der Waals surface area contributed by atoms with Crippen molar-refractivity contribution in [1.29, 1.82) is 0 Å². The molecule has 0 spiro atoms. The summed E-state index contributed by atoms with van der Waals surface area (Å²) in [5.41, 5.74) is 21.3. The molecular formula is C20H34N8O8. The molecule has 1 rings (SSSR count). The number of nitrogens with two attached hydrogens (primary N) is 4. The number of primary amides is 1. The number of nitrogens with zero attached hydrogens (tertiary/aromatic N) is 2. The van der Waals surface area contributed by atoms with Crippen LogP contribution in [0.3, 0.4) is 0 Å². The lowest BCUT2D eigenvalue weighted by atomic mass is 10.1. The van der Waals surface area contributed by atoms with Crippen molar-refractivity contribution < 1.29 is 39.0 Å². The molecule has 202 valence electrons. The SMILES string of the molecule is NC(=O)CCC(NC(=O)C1CCCN1C(=O)C(CC(=O)O)NC(=O)C(N)CCCN=C(N)N)C(=O)O. The molecule has 0 aliphatic carbocycles. The zero-order chi connectivity index (χ0) is 27.4. The highest BCUT2D eigenvalue weighted by Gasteiger charge is 2.39. The Morgan fingerprint density at radius 2 is 1.67 bits per heavy atom. The highest BCUT2D eigenvalue weighted by Crippen LogP contribution is 2.20. The number of guanidine groups is 1. The first-order chi connectivity index (χ1) is 16.8. The molecule has 36 heavy (non-hydrogen) atoms. The Morgan fingerprint density at radius 3 is 2.22 bits per heavy atom. The predicted molar refractivity (Wildman–Crippen MR) is 125 cm³/mol. The minimum Gasteiger partial charge on any atom is -0.481 e. The van der Waals surface area contributed by atoms with Gasteiger partial charge in [0, 0.05) is 19.5 Å². The summed E-state index contributed by atoms with van der Waals surface area (Å²) in [6, 6.07) is -5.07. The van der Waals surface area contributed by atoms with Crippen LogP contribution in [0.1, 0.15) is 44.9 Å². The Labute approximate surface area is 206 Å². The van der Waals surface area contributed by atoms with Gasteiger partial charge in [-0.15, -0.1) is 0 Å². The van der Waals surface area contributed by atoms with E-state index in [-0.39, 0.29) is 44.7 Å². The first kappa shape index (κ1) is 30.1. The summed E-state index contributed by atoms with van der Waals surface area (Å²) in [6.07, 6.45) is -0.170. The summed E-state index contributed by atoms with van der Waals surface area (Å²) >= 11 is 0. The predicted octanol–water partition coefficient (Wildman–Crippen LogP) is -3.85. The van der Waals surface area contributed by atoms with Crippen molar-refractivity contribution in [3.8, 4) is 0 Å². The molecule has 0 saturated carbocycles. The van der Waals surface area contributed by atoms with Gasteiger partial charge < -0.3 is 48.7 Å². The van der Waals surface area contributed by atoms with Gasteiger partial charge in [-0.3, -0.25) is 29.0 Å². The first-order valence-electron chi connectivity index (χ1n) is 11.3. The van der Waals surface area contributed by atoms with E-state index in [1.807, 2.05) is 0 Å². The number of likely N-dealkylation sites (tertiary alicyclic amines) is 1. The molecule has 1 aliphatic heterocycles. The molecule has 1 heterocycles. The topological polar surface area (TPSA) is 287 Å². The van der Waals surface area contributed by atoms with Crippen molar-refractivity contribution in [1.82, 2.24) is 15.5 Å². The molecule has 0 aromatic rings. The number of amides is 4. The summed E-state index contributed by atoms with van der Waals surface area (Å²) in [5.74, 6) is -5.98. The molecule has 12 N–H and O–H groups in total. The van der Waals surface area contributed by atoms with Crippen LogP contribution >= 0.6 is 0 Å². The lowest BCUT2D eigenvalue weighted by molar-refractivity contribution is -0.147. The van der Waals surface area contributed by atoms with Crippen molar-refractivity contribution >= 4 is 41.5 Å². The van der Waals surface area contributed by atoms with Crippen LogP contribution in [0.5, 0.6) is 0 Å². The number of hydrogen-bond acceptors (Lipinski definition) is 8. The van der Waals surface area contributed by atoms with Gasteiger partial charge in [0.05, 0.1) is 12.5 Å². The molecule has 0 radical (unpaired) electrons. The number of carboxylic acid groups (broad SMARTS) is 2. The van der Waals surface area contributed by atoms with E-state index in [4.69, 9.17) is 22.9 Å². The average molecular weight is 515 g/mol. The van der Waals surface area contributed by atoms with Crippen LogP contribution in [0.4, 0.5) is 0 Å². The van der Waals surface area contributed by atoms with Crippen LogP contribution in [0.15, 0.2) is 4.99 Å². The highest BCUT2D eigenvalue weighted by molar-refractivity contribution is 5.96. The first-order valence-corrected chi connectivity index (χ1v) is 11.3.